The number of rotatable bonds is 6. The van der Waals surface area contributed by atoms with E-state index in [2.05, 4.69) is 25.5 Å². The van der Waals surface area contributed by atoms with Crippen molar-refractivity contribution in [2.24, 2.45) is 5.14 Å². The van der Waals surface area contributed by atoms with Crippen molar-refractivity contribution in [2.45, 2.75) is 18.4 Å². The highest BCUT2D eigenvalue weighted by Crippen LogP contribution is 2.29. The van der Waals surface area contributed by atoms with Crippen molar-refractivity contribution in [1.29, 1.82) is 0 Å². The van der Waals surface area contributed by atoms with E-state index in [0.29, 0.717) is 23.6 Å². The Morgan fingerprint density at radius 1 is 1.16 bits per heavy atom. The van der Waals surface area contributed by atoms with Gasteiger partial charge in [0.1, 0.15) is 21.9 Å². The zero-order valence-corrected chi connectivity index (χ0v) is 17.4. The van der Waals surface area contributed by atoms with E-state index in [1.54, 1.807) is 25.1 Å². The Hall–Kier alpha value is -3.64. The highest BCUT2D eigenvalue weighted by atomic mass is 32.2. The first-order valence-corrected chi connectivity index (χ1v) is 10.6. The Morgan fingerprint density at radius 3 is 2.65 bits per heavy atom. The Labute approximate surface area is 177 Å². The van der Waals surface area contributed by atoms with E-state index < -0.39 is 10.0 Å². The smallest absolute Gasteiger partial charge is 0.304 e. The Bertz CT molecular complexity index is 1390. The summed E-state index contributed by atoms with van der Waals surface area (Å²) in [7, 11) is -2.62. The fraction of sp³-hybridized carbons (Fsp3) is 0.158. The van der Waals surface area contributed by atoms with E-state index >= 15 is 0 Å². The van der Waals surface area contributed by atoms with Crippen LogP contribution in [0.5, 0.6) is 6.01 Å². The summed E-state index contributed by atoms with van der Waals surface area (Å²) < 4.78 is 44.1. The van der Waals surface area contributed by atoms with Crippen molar-refractivity contribution < 1.29 is 17.5 Å². The molecule has 2 aromatic carbocycles. The molecule has 0 saturated carbocycles. The molecule has 31 heavy (non-hydrogen) atoms. The molecule has 160 valence electrons. The van der Waals surface area contributed by atoms with Gasteiger partial charge in [0.15, 0.2) is 5.82 Å². The molecule has 0 saturated heterocycles. The van der Waals surface area contributed by atoms with Crippen molar-refractivity contribution >= 4 is 26.9 Å². The highest BCUT2D eigenvalue weighted by molar-refractivity contribution is 7.89. The summed E-state index contributed by atoms with van der Waals surface area (Å²) in [6, 6.07) is 10.8. The lowest BCUT2D eigenvalue weighted by atomic mass is 10.2. The van der Waals surface area contributed by atoms with Crippen molar-refractivity contribution in [3.05, 3.63) is 59.5 Å². The SMILES string of the molecule is COc1nc2c(S(N)(=O)=O)cccc2n1-c1nnc(C)c(NCc2cccc(F)c2)n1. The number of benzene rings is 2. The average molecular weight is 443 g/mol. The molecule has 10 nitrogen and oxygen atoms in total. The van der Waals surface area contributed by atoms with Crippen LogP contribution in [0.1, 0.15) is 11.3 Å². The number of ether oxygens (including phenoxy) is 1. The summed E-state index contributed by atoms with van der Waals surface area (Å²) >= 11 is 0. The molecular formula is C19H18FN7O3S. The molecule has 3 N–H and O–H groups in total. The third-order valence-electron chi connectivity index (χ3n) is 4.50. The van der Waals surface area contributed by atoms with Gasteiger partial charge < -0.3 is 10.1 Å². The number of sulfonamides is 1. The third kappa shape index (κ3) is 4.02. The fourth-order valence-corrected chi connectivity index (χ4v) is 3.77. The number of halogens is 1. The minimum absolute atomic E-state index is 0.0628. The summed E-state index contributed by atoms with van der Waals surface area (Å²) in [5.74, 6) is 0.192. The van der Waals surface area contributed by atoms with Crippen LogP contribution in [0.15, 0.2) is 47.4 Å². The number of aromatic nitrogens is 5. The number of nitrogens with zero attached hydrogens (tertiary/aromatic N) is 5. The molecule has 2 aromatic heterocycles. The predicted octanol–water partition coefficient (Wildman–Crippen LogP) is 1.93. The molecule has 4 aromatic rings. The van der Waals surface area contributed by atoms with Gasteiger partial charge in [0.05, 0.1) is 12.6 Å². The van der Waals surface area contributed by atoms with Gasteiger partial charge in [-0.2, -0.15) is 9.97 Å². The minimum atomic E-state index is -4.01. The predicted molar refractivity (Wildman–Crippen MR) is 111 cm³/mol. The molecule has 0 atom stereocenters. The molecule has 0 aliphatic heterocycles. The van der Waals surface area contributed by atoms with Crippen LogP contribution in [0, 0.1) is 12.7 Å². The van der Waals surface area contributed by atoms with E-state index in [9.17, 15) is 12.8 Å². The van der Waals surface area contributed by atoms with E-state index in [-0.39, 0.29) is 28.2 Å². The topological polar surface area (TPSA) is 138 Å². The van der Waals surface area contributed by atoms with Gasteiger partial charge in [-0.15, -0.1) is 10.2 Å². The van der Waals surface area contributed by atoms with Gasteiger partial charge in [-0.25, -0.2) is 22.5 Å². The first-order chi connectivity index (χ1) is 14.8. The molecule has 0 bridgehead atoms. The maximum absolute atomic E-state index is 13.4. The summed E-state index contributed by atoms with van der Waals surface area (Å²) in [5.41, 5.74) is 1.75. The van der Waals surface area contributed by atoms with Crippen LogP contribution >= 0.6 is 0 Å². The van der Waals surface area contributed by atoms with Gasteiger partial charge >= 0.3 is 6.01 Å². The quantitative estimate of drug-likeness (QED) is 0.461. The molecule has 0 amide bonds. The number of aryl methyl sites for hydroxylation is 1. The van der Waals surface area contributed by atoms with E-state index in [1.165, 1.54) is 35.9 Å². The van der Waals surface area contributed by atoms with Gasteiger partial charge in [0.2, 0.25) is 10.0 Å². The number of nitrogens with one attached hydrogen (secondary N) is 1. The number of anilines is 1. The summed E-state index contributed by atoms with van der Waals surface area (Å²) in [6.45, 7) is 2.04. The van der Waals surface area contributed by atoms with E-state index in [4.69, 9.17) is 9.88 Å². The fourth-order valence-electron chi connectivity index (χ4n) is 3.08. The van der Waals surface area contributed by atoms with Gasteiger partial charge in [0.25, 0.3) is 5.95 Å². The van der Waals surface area contributed by atoms with Crippen LogP contribution in [-0.2, 0) is 16.6 Å². The van der Waals surface area contributed by atoms with Crippen LogP contribution in [0.4, 0.5) is 10.2 Å². The van der Waals surface area contributed by atoms with Crippen LogP contribution in [0.25, 0.3) is 17.0 Å². The van der Waals surface area contributed by atoms with Gasteiger partial charge in [-0.05, 0) is 36.8 Å². The highest BCUT2D eigenvalue weighted by Gasteiger charge is 2.22. The number of hydrogen-bond donors (Lipinski definition) is 2. The summed E-state index contributed by atoms with van der Waals surface area (Å²) in [4.78, 5) is 8.58. The molecule has 0 radical (unpaired) electrons. The van der Waals surface area contributed by atoms with Crippen molar-refractivity contribution in [1.82, 2.24) is 24.7 Å². The number of nitrogens with two attached hydrogens (primary N) is 1. The lowest BCUT2D eigenvalue weighted by Crippen LogP contribution is -2.13. The molecule has 2 heterocycles. The standard InChI is InChI=1S/C19H18FN7O3S/c1-11-17(22-10-12-5-3-6-13(20)9-12)24-18(26-25-11)27-14-7-4-8-15(31(21,28)29)16(14)23-19(27)30-2/h3-9H,10H2,1-2H3,(H2,21,28,29)(H,22,24,26). The molecular weight excluding hydrogens is 425 g/mol. The van der Waals surface area contributed by atoms with Crippen molar-refractivity contribution in [3.63, 3.8) is 0 Å². The molecule has 0 unspecified atom stereocenters. The monoisotopic (exact) mass is 443 g/mol. The van der Waals surface area contributed by atoms with Crippen molar-refractivity contribution in [2.75, 3.05) is 12.4 Å². The normalized spacial score (nSPS) is 11.6. The van der Waals surface area contributed by atoms with E-state index in [1.807, 2.05) is 0 Å². The molecule has 0 fully saturated rings. The first-order valence-electron chi connectivity index (χ1n) is 9.06. The number of primary sulfonamides is 1. The number of methoxy groups -OCH3 is 1. The second kappa shape index (κ2) is 7.89. The van der Waals surface area contributed by atoms with Crippen LogP contribution in [0.2, 0.25) is 0 Å². The number of hydrogen-bond acceptors (Lipinski definition) is 8. The largest absolute Gasteiger partial charge is 0.468 e. The second-order valence-electron chi connectivity index (χ2n) is 6.63. The molecule has 0 spiro atoms. The van der Waals surface area contributed by atoms with Crippen molar-refractivity contribution in [3.8, 4) is 12.0 Å². The zero-order chi connectivity index (χ0) is 22.2. The average Bonchev–Trinajstić information content (AvgIpc) is 3.11. The zero-order valence-electron chi connectivity index (χ0n) is 16.6. The minimum Gasteiger partial charge on any atom is -0.468 e. The van der Waals surface area contributed by atoms with Gasteiger partial charge in [0, 0.05) is 6.54 Å². The second-order valence-corrected chi connectivity index (χ2v) is 8.16. The van der Waals surface area contributed by atoms with Gasteiger partial charge in [-0.1, -0.05) is 18.2 Å². The van der Waals surface area contributed by atoms with Gasteiger partial charge in [-0.3, -0.25) is 0 Å². The Morgan fingerprint density at radius 2 is 1.94 bits per heavy atom. The number of imidazole rings is 1. The van der Waals surface area contributed by atoms with Crippen LogP contribution in [-0.4, -0.2) is 40.3 Å². The maximum Gasteiger partial charge on any atom is 0.304 e. The molecule has 12 heteroatoms. The molecule has 4 rings (SSSR count). The lowest BCUT2D eigenvalue weighted by molar-refractivity contribution is 0.373. The van der Waals surface area contributed by atoms with E-state index in [0.717, 1.165) is 5.56 Å². The summed E-state index contributed by atoms with van der Waals surface area (Å²) in [6.07, 6.45) is 0. The summed E-state index contributed by atoms with van der Waals surface area (Å²) in [5, 5.41) is 16.6. The number of fused-ring (bicyclic) bond motifs is 1. The Kier molecular flexibility index (Phi) is 5.25. The third-order valence-corrected chi connectivity index (χ3v) is 5.44. The first kappa shape index (κ1) is 20.6. The maximum atomic E-state index is 13.4. The molecule has 0 aliphatic rings. The van der Waals surface area contributed by atoms with Crippen LogP contribution < -0.4 is 15.2 Å². The lowest BCUT2D eigenvalue weighted by Gasteiger charge is -2.11. The number of para-hydroxylation sites is 1. The molecule has 0 aliphatic carbocycles. The van der Waals surface area contributed by atoms with Crippen LogP contribution in [0.3, 0.4) is 0 Å². The Balaban J connectivity index is 1.79.